The van der Waals surface area contributed by atoms with Gasteiger partial charge in [-0.15, -0.1) is 0 Å². The number of amides is 1. The molecule has 0 aliphatic carbocycles. The largest absolute Gasteiger partial charge is 0.336 e. The zero-order chi connectivity index (χ0) is 19.9. The number of oxime groups is 1. The lowest BCUT2D eigenvalue weighted by molar-refractivity contribution is 0.101. The molecule has 0 spiro atoms. The van der Waals surface area contributed by atoms with Crippen molar-refractivity contribution >= 4 is 17.4 Å². The van der Waals surface area contributed by atoms with Crippen molar-refractivity contribution in [2.24, 2.45) is 5.16 Å². The molecule has 0 atom stereocenters. The van der Waals surface area contributed by atoms with Crippen LogP contribution in [0.4, 0.5) is 14.6 Å². The van der Waals surface area contributed by atoms with E-state index >= 15 is 0 Å². The van der Waals surface area contributed by atoms with Gasteiger partial charge in [-0.2, -0.15) is 0 Å². The standard InChI is InChI=1S/C19H15F2N5O2/c1-2-14(26-28-17-8-3-4-9-22-17)15-10-24-16(11-23-15)25-19(27)18-12(20)6-5-7-13(18)21/h3-11H,2H2,1H3,(H,24,25,27)/b26-14-. The lowest BCUT2D eigenvalue weighted by atomic mass is 10.2. The van der Waals surface area contributed by atoms with Gasteiger partial charge in [0.15, 0.2) is 5.82 Å². The molecule has 2 heterocycles. The zero-order valence-corrected chi connectivity index (χ0v) is 14.8. The van der Waals surface area contributed by atoms with Crippen LogP contribution >= 0.6 is 0 Å². The number of halogens is 2. The highest BCUT2D eigenvalue weighted by molar-refractivity contribution is 6.04. The number of hydrogen-bond donors (Lipinski definition) is 1. The fraction of sp³-hybridized carbons (Fsp3) is 0.105. The quantitative estimate of drug-likeness (QED) is 0.519. The van der Waals surface area contributed by atoms with Crippen LogP contribution in [-0.4, -0.2) is 26.6 Å². The van der Waals surface area contributed by atoms with E-state index in [1.165, 1.54) is 18.5 Å². The predicted molar refractivity (Wildman–Crippen MR) is 98.0 cm³/mol. The van der Waals surface area contributed by atoms with Gasteiger partial charge in [0.2, 0.25) is 5.88 Å². The second kappa shape index (κ2) is 8.76. The van der Waals surface area contributed by atoms with E-state index in [9.17, 15) is 13.6 Å². The number of anilines is 1. The summed E-state index contributed by atoms with van der Waals surface area (Å²) in [6, 6.07) is 8.34. The number of carbonyl (C=O) groups excluding carboxylic acids is 1. The summed E-state index contributed by atoms with van der Waals surface area (Å²) in [4.78, 5) is 29.5. The Labute approximate surface area is 159 Å². The number of rotatable bonds is 6. The minimum Gasteiger partial charge on any atom is -0.336 e. The number of hydrogen-bond acceptors (Lipinski definition) is 6. The molecule has 7 nitrogen and oxygen atoms in total. The van der Waals surface area contributed by atoms with Crippen LogP contribution in [0.15, 0.2) is 60.1 Å². The van der Waals surface area contributed by atoms with Crippen molar-refractivity contribution in [3.63, 3.8) is 0 Å². The highest BCUT2D eigenvalue weighted by atomic mass is 19.1. The fourth-order valence-corrected chi connectivity index (χ4v) is 2.23. The summed E-state index contributed by atoms with van der Waals surface area (Å²) in [7, 11) is 0. The van der Waals surface area contributed by atoms with Crippen molar-refractivity contribution in [1.82, 2.24) is 15.0 Å². The average Bonchev–Trinajstić information content (AvgIpc) is 2.70. The molecule has 0 bridgehead atoms. The second-order valence-corrected chi connectivity index (χ2v) is 5.49. The number of carbonyl (C=O) groups is 1. The first-order valence-electron chi connectivity index (χ1n) is 8.31. The van der Waals surface area contributed by atoms with E-state index in [-0.39, 0.29) is 5.82 Å². The van der Waals surface area contributed by atoms with Crippen LogP contribution in [0.2, 0.25) is 0 Å². The number of benzene rings is 1. The SMILES string of the molecule is CC/C(=N/Oc1ccccn1)c1cnc(NC(=O)c2c(F)cccc2F)cn1. The van der Waals surface area contributed by atoms with Gasteiger partial charge in [0.1, 0.15) is 28.6 Å². The third kappa shape index (κ3) is 4.50. The lowest BCUT2D eigenvalue weighted by Gasteiger charge is -2.07. The van der Waals surface area contributed by atoms with E-state index in [4.69, 9.17) is 4.84 Å². The molecule has 9 heteroatoms. The van der Waals surface area contributed by atoms with Crippen LogP contribution in [-0.2, 0) is 0 Å². The van der Waals surface area contributed by atoms with Gasteiger partial charge in [-0.05, 0) is 24.6 Å². The van der Waals surface area contributed by atoms with E-state index in [0.717, 1.165) is 12.1 Å². The molecule has 3 rings (SSSR count). The zero-order valence-electron chi connectivity index (χ0n) is 14.8. The first-order valence-corrected chi connectivity index (χ1v) is 8.31. The molecule has 0 aliphatic heterocycles. The van der Waals surface area contributed by atoms with Gasteiger partial charge in [-0.1, -0.05) is 24.2 Å². The smallest absolute Gasteiger partial charge is 0.262 e. The summed E-state index contributed by atoms with van der Waals surface area (Å²) >= 11 is 0. The molecule has 142 valence electrons. The third-order valence-corrected chi connectivity index (χ3v) is 3.60. The summed E-state index contributed by atoms with van der Waals surface area (Å²) in [6.45, 7) is 1.86. The molecule has 2 aromatic heterocycles. The molecule has 0 saturated heterocycles. The average molecular weight is 383 g/mol. The number of nitrogens with one attached hydrogen (secondary N) is 1. The maximum Gasteiger partial charge on any atom is 0.262 e. The Morgan fingerprint density at radius 2 is 1.86 bits per heavy atom. The van der Waals surface area contributed by atoms with Gasteiger partial charge >= 0.3 is 0 Å². The minimum atomic E-state index is -0.964. The summed E-state index contributed by atoms with van der Waals surface area (Å²) in [5.41, 5.74) is 0.248. The molecular weight excluding hydrogens is 368 g/mol. The van der Waals surface area contributed by atoms with Crippen molar-refractivity contribution in [3.05, 3.63) is 77.9 Å². The Kier molecular flexibility index (Phi) is 5.95. The Bertz CT molecular complexity index is 975. The predicted octanol–water partition coefficient (Wildman–Crippen LogP) is 3.60. The molecular formula is C19H15F2N5O2. The molecule has 1 amide bonds. The molecule has 0 fully saturated rings. The third-order valence-electron chi connectivity index (χ3n) is 3.60. The van der Waals surface area contributed by atoms with E-state index in [2.05, 4.69) is 25.4 Å². The minimum absolute atomic E-state index is 0.0394. The highest BCUT2D eigenvalue weighted by Gasteiger charge is 2.17. The van der Waals surface area contributed by atoms with Crippen molar-refractivity contribution in [2.45, 2.75) is 13.3 Å². The summed E-state index contributed by atoms with van der Waals surface area (Å²) in [6.07, 6.45) is 4.72. The summed E-state index contributed by atoms with van der Waals surface area (Å²) in [5.74, 6) is -2.52. The molecule has 0 radical (unpaired) electrons. The fourth-order valence-electron chi connectivity index (χ4n) is 2.23. The van der Waals surface area contributed by atoms with E-state index in [1.54, 1.807) is 24.4 Å². The molecule has 3 aromatic rings. The van der Waals surface area contributed by atoms with Crippen molar-refractivity contribution < 1.29 is 18.4 Å². The first kappa shape index (κ1) is 19.0. The van der Waals surface area contributed by atoms with Crippen LogP contribution in [0.5, 0.6) is 5.88 Å². The maximum atomic E-state index is 13.7. The molecule has 1 aromatic carbocycles. The van der Waals surface area contributed by atoms with Crippen molar-refractivity contribution in [2.75, 3.05) is 5.32 Å². The number of pyridine rings is 1. The van der Waals surface area contributed by atoms with Crippen molar-refractivity contribution in [1.29, 1.82) is 0 Å². The summed E-state index contributed by atoms with van der Waals surface area (Å²) in [5, 5.41) is 6.32. The monoisotopic (exact) mass is 383 g/mol. The Morgan fingerprint density at radius 1 is 1.07 bits per heavy atom. The van der Waals surface area contributed by atoms with Gasteiger partial charge in [-0.3, -0.25) is 4.79 Å². The Hall–Kier alpha value is -3.75. The first-order chi connectivity index (χ1) is 13.6. The van der Waals surface area contributed by atoms with Gasteiger partial charge in [0.25, 0.3) is 5.91 Å². The molecule has 0 unspecified atom stereocenters. The van der Waals surface area contributed by atoms with Crippen LogP contribution in [0, 0.1) is 11.6 Å². The van der Waals surface area contributed by atoms with E-state index < -0.39 is 23.1 Å². The van der Waals surface area contributed by atoms with Crippen LogP contribution in [0.1, 0.15) is 29.4 Å². The van der Waals surface area contributed by atoms with Gasteiger partial charge in [-0.25, -0.2) is 23.7 Å². The highest BCUT2D eigenvalue weighted by Crippen LogP contribution is 2.14. The number of aromatic nitrogens is 3. The van der Waals surface area contributed by atoms with Gasteiger partial charge in [0.05, 0.1) is 12.4 Å². The lowest BCUT2D eigenvalue weighted by Crippen LogP contribution is -2.17. The molecule has 28 heavy (non-hydrogen) atoms. The second-order valence-electron chi connectivity index (χ2n) is 5.49. The van der Waals surface area contributed by atoms with Crippen LogP contribution in [0.25, 0.3) is 0 Å². The van der Waals surface area contributed by atoms with Crippen LogP contribution in [0.3, 0.4) is 0 Å². The molecule has 0 saturated carbocycles. The van der Waals surface area contributed by atoms with E-state index in [1.807, 2.05) is 6.92 Å². The normalized spacial score (nSPS) is 11.2. The molecule has 1 N–H and O–H groups in total. The van der Waals surface area contributed by atoms with E-state index in [0.29, 0.717) is 23.7 Å². The topological polar surface area (TPSA) is 89.4 Å². The number of nitrogens with zero attached hydrogens (tertiary/aromatic N) is 4. The van der Waals surface area contributed by atoms with Gasteiger partial charge in [0, 0.05) is 12.3 Å². The maximum absolute atomic E-state index is 13.7. The molecule has 0 aliphatic rings. The van der Waals surface area contributed by atoms with Crippen LogP contribution < -0.4 is 10.2 Å². The van der Waals surface area contributed by atoms with Crippen molar-refractivity contribution in [3.8, 4) is 5.88 Å². The Balaban J connectivity index is 1.72. The Morgan fingerprint density at radius 3 is 2.46 bits per heavy atom. The summed E-state index contributed by atoms with van der Waals surface area (Å²) < 4.78 is 27.3. The van der Waals surface area contributed by atoms with Gasteiger partial charge < -0.3 is 10.2 Å².